The molecule has 6 atom stereocenters. The quantitative estimate of drug-likeness (QED) is 0.379. The fraction of sp³-hybridized carbons (Fsp3) is 0.379. The topological polar surface area (TPSA) is 46.2 Å². The Balaban J connectivity index is 1.40. The molecule has 0 spiro atoms. The van der Waals surface area contributed by atoms with Gasteiger partial charge in [-0.15, -0.1) is 11.8 Å². The summed E-state index contributed by atoms with van der Waals surface area (Å²) in [4.78, 5) is 0. The molecular formula is C29H32O5S. The highest BCUT2D eigenvalue weighted by molar-refractivity contribution is 7.99. The van der Waals surface area contributed by atoms with Crippen LogP contribution in [0.2, 0.25) is 0 Å². The predicted octanol–water partition coefficient (Wildman–Crippen LogP) is 5.75. The van der Waals surface area contributed by atoms with E-state index in [1.165, 1.54) is 0 Å². The minimum atomic E-state index is -0.464. The van der Waals surface area contributed by atoms with Crippen molar-refractivity contribution in [2.45, 2.75) is 56.3 Å². The van der Waals surface area contributed by atoms with E-state index in [0.717, 1.165) is 22.4 Å². The van der Waals surface area contributed by atoms with E-state index in [-0.39, 0.29) is 29.9 Å². The van der Waals surface area contributed by atoms with E-state index in [4.69, 9.17) is 23.7 Å². The van der Waals surface area contributed by atoms with Gasteiger partial charge in [0, 0.05) is 5.56 Å². The van der Waals surface area contributed by atoms with Crippen LogP contribution in [0.4, 0.5) is 0 Å². The Morgan fingerprint density at radius 3 is 1.91 bits per heavy atom. The number of hydrogen-bond acceptors (Lipinski definition) is 6. The SMILES string of the molecule is CCS[C@H]1O[C@@H]2COC(c3ccccc3)O[C@H]2[C@H](OCc2ccccc2)[C@H]1OCc1ccccc1. The Morgan fingerprint density at radius 2 is 1.31 bits per heavy atom. The average molecular weight is 493 g/mol. The third kappa shape index (κ3) is 6.15. The van der Waals surface area contributed by atoms with Gasteiger partial charge in [0.05, 0.1) is 19.8 Å². The summed E-state index contributed by atoms with van der Waals surface area (Å²) in [5.41, 5.74) is 3.04. The number of benzene rings is 3. The molecule has 2 aliphatic heterocycles. The Bertz CT molecular complexity index is 1020. The van der Waals surface area contributed by atoms with Gasteiger partial charge in [-0.05, 0) is 16.9 Å². The minimum absolute atomic E-state index is 0.175. The molecule has 3 aromatic rings. The summed E-state index contributed by atoms with van der Waals surface area (Å²) in [5, 5.41) is 0. The normalized spacial score (nSPS) is 28.4. The van der Waals surface area contributed by atoms with Gasteiger partial charge in [0.15, 0.2) is 6.29 Å². The van der Waals surface area contributed by atoms with Crippen molar-refractivity contribution in [1.82, 2.24) is 0 Å². The van der Waals surface area contributed by atoms with Gasteiger partial charge in [-0.2, -0.15) is 0 Å². The molecule has 0 saturated carbocycles. The lowest BCUT2D eigenvalue weighted by atomic mass is 9.98. The lowest BCUT2D eigenvalue weighted by Crippen LogP contribution is -2.62. The fourth-order valence-corrected chi connectivity index (χ4v) is 5.50. The summed E-state index contributed by atoms with van der Waals surface area (Å²) in [7, 11) is 0. The molecule has 5 rings (SSSR count). The van der Waals surface area contributed by atoms with Gasteiger partial charge in [0.2, 0.25) is 0 Å². The molecule has 184 valence electrons. The number of ether oxygens (including phenoxy) is 5. The molecule has 35 heavy (non-hydrogen) atoms. The summed E-state index contributed by atoms with van der Waals surface area (Å²) in [5.74, 6) is 0.910. The Labute approximate surface area is 211 Å². The highest BCUT2D eigenvalue weighted by atomic mass is 32.2. The Morgan fingerprint density at radius 1 is 0.743 bits per heavy atom. The zero-order chi connectivity index (χ0) is 23.9. The first-order chi connectivity index (χ1) is 17.3. The van der Waals surface area contributed by atoms with Gasteiger partial charge < -0.3 is 23.7 Å². The van der Waals surface area contributed by atoms with Crippen LogP contribution in [0.15, 0.2) is 91.0 Å². The van der Waals surface area contributed by atoms with Crippen LogP contribution < -0.4 is 0 Å². The molecule has 3 aromatic carbocycles. The number of rotatable bonds is 9. The first kappa shape index (κ1) is 24.5. The van der Waals surface area contributed by atoms with Crippen molar-refractivity contribution in [1.29, 1.82) is 0 Å². The molecular weight excluding hydrogens is 460 g/mol. The fourth-order valence-electron chi connectivity index (χ4n) is 4.52. The van der Waals surface area contributed by atoms with E-state index in [9.17, 15) is 0 Å². The van der Waals surface area contributed by atoms with Gasteiger partial charge in [-0.3, -0.25) is 0 Å². The van der Waals surface area contributed by atoms with Crippen LogP contribution >= 0.6 is 11.8 Å². The largest absolute Gasteiger partial charge is 0.368 e. The molecule has 6 heteroatoms. The Kier molecular flexibility index (Phi) is 8.52. The van der Waals surface area contributed by atoms with E-state index in [1.54, 1.807) is 11.8 Å². The number of hydrogen-bond donors (Lipinski definition) is 0. The first-order valence-electron chi connectivity index (χ1n) is 12.2. The third-order valence-corrected chi connectivity index (χ3v) is 7.30. The van der Waals surface area contributed by atoms with E-state index >= 15 is 0 Å². The van der Waals surface area contributed by atoms with Crippen LogP contribution in [0.1, 0.15) is 29.9 Å². The summed E-state index contributed by atoms with van der Waals surface area (Å²) >= 11 is 1.74. The number of fused-ring (bicyclic) bond motifs is 1. The summed E-state index contributed by atoms with van der Waals surface area (Å²) in [6.45, 7) is 3.54. The number of thioether (sulfide) groups is 1. The van der Waals surface area contributed by atoms with Crippen molar-refractivity contribution < 1.29 is 23.7 Å². The summed E-state index contributed by atoms with van der Waals surface area (Å²) in [6, 6.07) is 30.5. The molecule has 0 N–H and O–H groups in total. The molecule has 0 aromatic heterocycles. The highest BCUT2D eigenvalue weighted by Crippen LogP contribution is 2.39. The van der Waals surface area contributed by atoms with Gasteiger partial charge in [-0.25, -0.2) is 0 Å². The van der Waals surface area contributed by atoms with Crippen molar-refractivity contribution >= 4 is 11.8 Å². The molecule has 2 fully saturated rings. The minimum Gasteiger partial charge on any atom is -0.368 e. The maximum atomic E-state index is 6.60. The molecule has 2 aliphatic rings. The summed E-state index contributed by atoms with van der Waals surface area (Å²) < 4.78 is 32.2. The van der Waals surface area contributed by atoms with Crippen LogP contribution in [-0.2, 0) is 36.9 Å². The lowest BCUT2D eigenvalue weighted by Gasteiger charge is -2.49. The molecule has 2 heterocycles. The third-order valence-electron chi connectivity index (χ3n) is 6.26. The second-order valence-corrected chi connectivity index (χ2v) is 10.1. The van der Waals surface area contributed by atoms with Crippen LogP contribution in [-0.4, -0.2) is 42.2 Å². The molecule has 0 amide bonds. The smallest absolute Gasteiger partial charge is 0.184 e. The van der Waals surface area contributed by atoms with Crippen LogP contribution in [0.3, 0.4) is 0 Å². The summed E-state index contributed by atoms with van der Waals surface area (Å²) in [6.07, 6.45) is -1.60. The van der Waals surface area contributed by atoms with Gasteiger partial charge in [0.1, 0.15) is 29.9 Å². The Hall–Kier alpha value is -2.19. The molecule has 0 bridgehead atoms. The van der Waals surface area contributed by atoms with Gasteiger partial charge in [0.25, 0.3) is 0 Å². The highest BCUT2D eigenvalue weighted by Gasteiger charge is 2.51. The zero-order valence-electron chi connectivity index (χ0n) is 19.9. The van der Waals surface area contributed by atoms with Crippen molar-refractivity contribution in [3.05, 3.63) is 108 Å². The molecule has 0 radical (unpaired) electrons. The van der Waals surface area contributed by atoms with Gasteiger partial charge >= 0.3 is 0 Å². The molecule has 1 unspecified atom stereocenters. The van der Waals surface area contributed by atoms with Crippen LogP contribution in [0, 0.1) is 0 Å². The van der Waals surface area contributed by atoms with Crippen molar-refractivity contribution in [2.75, 3.05) is 12.4 Å². The molecule has 0 aliphatic carbocycles. The van der Waals surface area contributed by atoms with E-state index < -0.39 is 6.29 Å². The van der Waals surface area contributed by atoms with E-state index in [2.05, 4.69) is 31.2 Å². The van der Waals surface area contributed by atoms with Crippen molar-refractivity contribution in [3.8, 4) is 0 Å². The first-order valence-corrected chi connectivity index (χ1v) is 13.3. The van der Waals surface area contributed by atoms with E-state index in [1.807, 2.05) is 66.7 Å². The predicted molar refractivity (Wildman–Crippen MR) is 137 cm³/mol. The average Bonchev–Trinajstić information content (AvgIpc) is 2.92. The van der Waals surface area contributed by atoms with Crippen LogP contribution in [0.5, 0.6) is 0 Å². The molecule has 2 saturated heterocycles. The molecule has 5 nitrogen and oxygen atoms in total. The standard InChI is InChI=1S/C29H32O5S/c1-2-35-29-27(31-19-22-14-8-4-9-15-22)26(30-18-21-12-6-3-7-13-21)25-24(33-29)20-32-28(34-25)23-16-10-5-11-17-23/h3-17,24-29H,2,18-20H2,1H3/t24-,25-,26+,27-,28?,29-/m1/s1. The zero-order valence-corrected chi connectivity index (χ0v) is 20.7. The van der Waals surface area contributed by atoms with Crippen molar-refractivity contribution in [3.63, 3.8) is 0 Å². The van der Waals surface area contributed by atoms with Crippen molar-refractivity contribution in [2.24, 2.45) is 0 Å². The second-order valence-electron chi connectivity index (χ2n) is 8.70. The monoisotopic (exact) mass is 492 g/mol. The van der Waals surface area contributed by atoms with E-state index in [0.29, 0.717) is 19.8 Å². The maximum Gasteiger partial charge on any atom is 0.184 e. The lowest BCUT2D eigenvalue weighted by molar-refractivity contribution is -0.329. The second kappa shape index (κ2) is 12.2. The van der Waals surface area contributed by atoms with Gasteiger partial charge in [-0.1, -0.05) is 97.9 Å². The maximum absolute atomic E-state index is 6.60. The van der Waals surface area contributed by atoms with Crippen LogP contribution in [0.25, 0.3) is 0 Å².